The Morgan fingerprint density at radius 3 is 2.45 bits per heavy atom. The fourth-order valence-electron chi connectivity index (χ4n) is 3.37. The van der Waals surface area contributed by atoms with Gasteiger partial charge in [0, 0.05) is 29.7 Å². The molecule has 0 aromatic heterocycles. The maximum Gasteiger partial charge on any atom is 0.416 e. The van der Waals surface area contributed by atoms with E-state index < -0.39 is 33.6 Å². The molecule has 168 valence electrons. The number of alkyl halides is 3. The van der Waals surface area contributed by atoms with Crippen molar-refractivity contribution in [3.05, 3.63) is 53.1 Å². The molecule has 0 spiro atoms. The second kappa shape index (κ2) is 9.05. The number of carbonyl (C=O) groups is 1. The summed E-state index contributed by atoms with van der Waals surface area (Å²) in [6.07, 6.45) is -4.05. The van der Waals surface area contributed by atoms with Gasteiger partial charge in [-0.1, -0.05) is 17.7 Å². The number of amides is 1. The van der Waals surface area contributed by atoms with Crippen LogP contribution in [0.1, 0.15) is 18.4 Å². The fourth-order valence-corrected chi connectivity index (χ4v) is 5.26. The number of benzene rings is 2. The van der Waals surface area contributed by atoms with E-state index in [0.29, 0.717) is 0 Å². The quantitative estimate of drug-likeness (QED) is 0.693. The van der Waals surface area contributed by atoms with Crippen LogP contribution in [0.2, 0.25) is 5.02 Å². The molecular formula is C20H20ClF3N2O4S. The van der Waals surface area contributed by atoms with Crippen molar-refractivity contribution in [2.45, 2.75) is 23.9 Å². The Balaban J connectivity index is 1.67. The number of piperidine rings is 1. The third-order valence-electron chi connectivity index (χ3n) is 5.03. The molecule has 1 fully saturated rings. The van der Waals surface area contributed by atoms with Crippen LogP contribution < -0.4 is 10.1 Å². The Labute approximate surface area is 183 Å². The van der Waals surface area contributed by atoms with Gasteiger partial charge in [0.15, 0.2) is 0 Å². The summed E-state index contributed by atoms with van der Waals surface area (Å²) in [5.41, 5.74) is -0.819. The number of ether oxygens (including phenoxy) is 1. The summed E-state index contributed by atoms with van der Waals surface area (Å²) >= 11 is 5.94. The molecule has 0 bridgehead atoms. The van der Waals surface area contributed by atoms with Gasteiger partial charge >= 0.3 is 6.18 Å². The minimum absolute atomic E-state index is 0.0403. The molecule has 0 aliphatic carbocycles. The van der Waals surface area contributed by atoms with E-state index in [4.69, 9.17) is 16.3 Å². The van der Waals surface area contributed by atoms with E-state index in [9.17, 15) is 26.4 Å². The van der Waals surface area contributed by atoms with E-state index in [1.165, 1.54) is 41.7 Å². The summed E-state index contributed by atoms with van der Waals surface area (Å²) in [6.45, 7) is 0.164. The highest BCUT2D eigenvalue weighted by Gasteiger charge is 2.34. The molecule has 1 aliphatic heterocycles. The lowest BCUT2D eigenvalue weighted by molar-refractivity contribution is -0.137. The molecule has 1 heterocycles. The predicted molar refractivity (Wildman–Crippen MR) is 110 cm³/mol. The zero-order valence-electron chi connectivity index (χ0n) is 16.4. The van der Waals surface area contributed by atoms with Gasteiger partial charge in [-0.3, -0.25) is 4.79 Å². The summed E-state index contributed by atoms with van der Waals surface area (Å²) < 4.78 is 70.9. The van der Waals surface area contributed by atoms with Crippen LogP contribution in [0, 0.1) is 5.92 Å². The SMILES string of the molecule is COc1ccc(Cl)cc1S(=O)(=O)N1CCC(C(=O)Nc2cccc(C(F)(F)F)c2)CC1. The smallest absolute Gasteiger partial charge is 0.416 e. The van der Waals surface area contributed by atoms with E-state index >= 15 is 0 Å². The monoisotopic (exact) mass is 476 g/mol. The molecule has 0 radical (unpaired) electrons. The molecular weight excluding hydrogens is 457 g/mol. The third-order valence-corrected chi connectivity index (χ3v) is 7.18. The van der Waals surface area contributed by atoms with E-state index in [1.807, 2.05) is 0 Å². The summed E-state index contributed by atoms with van der Waals surface area (Å²) in [7, 11) is -2.54. The number of nitrogens with one attached hydrogen (secondary N) is 1. The van der Waals surface area contributed by atoms with Gasteiger partial charge < -0.3 is 10.1 Å². The average molecular weight is 477 g/mol. The van der Waals surface area contributed by atoms with Gasteiger partial charge in [-0.15, -0.1) is 0 Å². The van der Waals surface area contributed by atoms with Crippen LogP contribution >= 0.6 is 11.6 Å². The van der Waals surface area contributed by atoms with Crippen LogP contribution in [0.15, 0.2) is 47.4 Å². The maximum atomic E-state index is 13.0. The molecule has 0 unspecified atom stereocenters. The molecule has 0 atom stereocenters. The van der Waals surface area contributed by atoms with Gasteiger partial charge in [-0.05, 0) is 49.2 Å². The Morgan fingerprint density at radius 2 is 1.84 bits per heavy atom. The van der Waals surface area contributed by atoms with Crippen LogP contribution in [-0.2, 0) is 21.0 Å². The highest BCUT2D eigenvalue weighted by molar-refractivity contribution is 7.89. The summed E-state index contributed by atoms with van der Waals surface area (Å²) in [4.78, 5) is 12.4. The largest absolute Gasteiger partial charge is 0.495 e. The first kappa shape index (κ1) is 23.4. The molecule has 1 amide bonds. The van der Waals surface area contributed by atoms with Crippen LogP contribution in [-0.4, -0.2) is 38.8 Å². The van der Waals surface area contributed by atoms with Gasteiger partial charge in [-0.2, -0.15) is 17.5 Å². The number of methoxy groups -OCH3 is 1. The molecule has 0 saturated carbocycles. The summed E-state index contributed by atoms with van der Waals surface area (Å²) in [6, 6.07) is 8.66. The zero-order valence-corrected chi connectivity index (χ0v) is 18.0. The summed E-state index contributed by atoms with van der Waals surface area (Å²) in [5, 5.41) is 2.74. The minimum Gasteiger partial charge on any atom is -0.495 e. The van der Waals surface area contributed by atoms with Crippen LogP contribution in [0.5, 0.6) is 5.75 Å². The normalized spacial score (nSPS) is 16.2. The zero-order chi connectivity index (χ0) is 22.8. The lowest BCUT2D eigenvalue weighted by Gasteiger charge is -2.31. The Kier molecular flexibility index (Phi) is 6.82. The van der Waals surface area contributed by atoms with E-state index in [2.05, 4.69) is 5.32 Å². The van der Waals surface area contributed by atoms with Crippen LogP contribution in [0.3, 0.4) is 0 Å². The number of carbonyl (C=O) groups excluding carboxylic acids is 1. The van der Waals surface area contributed by atoms with E-state index in [-0.39, 0.29) is 47.3 Å². The lowest BCUT2D eigenvalue weighted by Crippen LogP contribution is -2.41. The first-order valence-electron chi connectivity index (χ1n) is 9.34. The lowest BCUT2D eigenvalue weighted by atomic mass is 9.97. The van der Waals surface area contributed by atoms with Crippen molar-refractivity contribution in [3.8, 4) is 5.75 Å². The topological polar surface area (TPSA) is 75.7 Å². The molecule has 2 aromatic rings. The molecule has 11 heteroatoms. The van der Waals surface area contributed by atoms with Crippen LogP contribution in [0.4, 0.5) is 18.9 Å². The van der Waals surface area contributed by atoms with Crippen molar-refractivity contribution in [1.82, 2.24) is 4.31 Å². The number of rotatable bonds is 5. The number of halogens is 4. The van der Waals surface area contributed by atoms with E-state index in [0.717, 1.165) is 12.1 Å². The van der Waals surface area contributed by atoms with E-state index in [1.54, 1.807) is 0 Å². The maximum absolute atomic E-state index is 13.0. The minimum atomic E-state index is -4.51. The third kappa shape index (κ3) is 5.31. The second-order valence-electron chi connectivity index (χ2n) is 7.04. The number of nitrogens with zero attached hydrogens (tertiary/aromatic N) is 1. The molecule has 1 N–H and O–H groups in total. The molecule has 31 heavy (non-hydrogen) atoms. The van der Waals surface area contributed by atoms with Crippen molar-refractivity contribution in [2.75, 3.05) is 25.5 Å². The standard InChI is InChI=1S/C20H20ClF3N2O4S/c1-30-17-6-5-15(21)12-18(17)31(28,29)26-9-7-13(8-10-26)19(27)25-16-4-2-3-14(11-16)20(22,23)24/h2-6,11-13H,7-10H2,1H3,(H,25,27). The molecule has 6 nitrogen and oxygen atoms in total. The number of anilines is 1. The number of sulfonamides is 1. The van der Waals surface area contributed by atoms with Crippen molar-refractivity contribution < 1.29 is 31.1 Å². The highest BCUT2D eigenvalue weighted by Crippen LogP contribution is 2.33. The van der Waals surface area contributed by atoms with Gasteiger partial charge in [0.1, 0.15) is 10.6 Å². The average Bonchev–Trinajstić information content (AvgIpc) is 2.73. The first-order valence-corrected chi connectivity index (χ1v) is 11.2. The summed E-state index contributed by atoms with van der Waals surface area (Å²) in [5.74, 6) is -0.812. The Bertz CT molecular complexity index is 1070. The molecule has 1 saturated heterocycles. The molecule has 2 aromatic carbocycles. The fraction of sp³-hybridized carbons (Fsp3) is 0.350. The van der Waals surface area contributed by atoms with Crippen molar-refractivity contribution in [2.24, 2.45) is 5.92 Å². The second-order valence-corrected chi connectivity index (χ2v) is 9.38. The Morgan fingerprint density at radius 1 is 1.16 bits per heavy atom. The van der Waals surface area contributed by atoms with Crippen molar-refractivity contribution >= 4 is 33.2 Å². The van der Waals surface area contributed by atoms with Crippen LogP contribution in [0.25, 0.3) is 0 Å². The number of hydrogen-bond acceptors (Lipinski definition) is 4. The molecule has 3 rings (SSSR count). The van der Waals surface area contributed by atoms with Crippen molar-refractivity contribution in [1.29, 1.82) is 0 Å². The van der Waals surface area contributed by atoms with Gasteiger partial charge in [-0.25, -0.2) is 8.42 Å². The Hall–Kier alpha value is -2.30. The van der Waals surface area contributed by atoms with Gasteiger partial charge in [0.2, 0.25) is 15.9 Å². The van der Waals surface area contributed by atoms with Gasteiger partial charge in [0.25, 0.3) is 0 Å². The first-order chi connectivity index (χ1) is 14.5. The van der Waals surface area contributed by atoms with Gasteiger partial charge in [0.05, 0.1) is 12.7 Å². The van der Waals surface area contributed by atoms with Crippen molar-refractivity contribution in [3.63, 3.8) is 0 Å². The highest BCUT2D eigenvalue weighted by atomic mass is 35.5. The number of hydrogen-bond donors (Lipinski definition) is 1. The predicted octanol–water partition coefficient (Wildman–Crippen LogP) is 4.41. The molecule has 1 aliphatic rings.